The SMILES string of the molecule is C=C(CCN(C)C)C(=O)O.Cl. The van der Waals surface area contributed by atoms with Crippen LogP contribution in [0.5, 0.6) is 0 Å². The molecule has 0 heterocycles. The summed E-state index contributed by atoms with van der Waals surface area (Å²) in [6.07, 6.45) is 0.530. The number of halogens is 1. The van der Waals surface area contributed by atoms with Gasteiger partial charge in [0.05, 0.1) is 0 Å². The fourth-order valence-corrected chi connectivity index (χ4v) is 0.465. The van der Waals surface area contributed by atoms with Gasteiger partial charge in [0, 0.05) is 12.1 Å². The molecular weight excluding hydrogens is 166 g/mol. The summed E-state index contributed by atoms with van der Waals surface area (Å²) in [6, 6.07) is 0. The van der Waals surface area contributed by atoms with Gasteiger partial charge < -0.3 is 10.0 Å². The standard InChI is InChI=1S/C7H13NO2.ClH/c1-6(7(9)10)4-5-8(2)3;/h1,4-5H2,2-3H3,(H,9,10);1H. The lowest BCUT2D eigenvalue weighted by Crippen LogP contribution is -2.15. The summed E-state index contributed by atoms with van der Waals surface area (Å²) in [4.78, 5) is 12.1. The molecule has 0 fully saturated rings. The average Bonchev–Trinajstić information content (AvgIpc) is 1.82. The highest BCUT2D eigenvalue weighted by Gasteiger charge is 2.02. The zero-order valence-corrected chi connectivity index (χ0v) is 7.65. The van der Waals surface area contributed by atoms with Crippen LogP contribution in [0.1, 0.15) is 6.42 Å². The first-order valence-corrected chi connectivity index (χ1v) is 3.10. The monoisotopic (exact) mass is 179 g/mol. The molecule has 66 valence electrons. The van der Waals surface area contributed by atoms with E-state index in [9.17, 15) is 4.79 Å². The molecule has 0 radical (unpaired) electrons. The molecule has 0 aliphatic rings. The van der Waals surface area contributed by atoms with Gasteiger partial charge >= 0.3 is 5.97 Å². The summed E-state index contributed by atoms with van der Waals surface area (Å²) < 4.78 is 0. The molecule has 0 aliphatic heterocycles. The average molecular weight is 180 g/mol. The Bertz CT molecular complexity index is 145. The molecular formula is C7H14ClNO2. The molecule has 0 spiro atoms. The maximum absolute atomic E-state index is 10.2. The van der Waals surface area contributed by atoms with Gasteiger partial charge in [-0.3, -0.25) is 0 Å². The van der Waals surface area contributed by atoms with Gasteiger partial charge in [0.2, 0.25) is 0 Å². The van der Waals surface area contributed by atoms with E-state index in [4.69, 9.17) is 5.11 Å². The molecule has 4 heteroatoms. The molecule has 0 rings (SSSR count). The van der Waals surface area contributed by atoms with Crippen molar-refractivity contribution < 1.29 is 9.90 Å². The van der Waals surface area contributed by atoms with Crippen molar-refractivity contribution in [2.45, 2.75) is 6.42 Å². The zero-order chi connectivity index (χ0) is 8.15. The maximum Gasteiger partial charge on any atom is 0.331 e. The Morgan fingerprint density at radius 2 is 2.00 bits per heavy atom. The predicted octanol–water partition coefficient (Wildman–Crippen LogP) is 1.00. The topological polar surface area (TPSA) is 40.5 Å². The summed E-state index contributed by atoms with van der Waals surface area (Å²) in [5.41, 5.74) is 0.272. The van der Waals surface area contributed by atoms with Gasteiger partial charge in [-0.05, 0) is 20.5 Å². The lowest BCUT2D eigenvalue weighted by molar-refractivity contribution is -0.132. The van der Waals surface area contributed by atoms with Crippen molar-refractivity contribution in [3.63, 3.8) is 0 Å². The molecule has 0 aromatic heterocycles. The summed E-state index contributed by atoms with van der Waals surface area (Å²) in [7, 11) is 3.80. The van der Waals surface area contributed by atoms with Crippen LogP contribution in [0.25, 0.3) is 0 Å². The second-order valence-corrected chi connectivity index (χ2v) is 2.46. The molecule has 0 unspecified atom stereocenters. The minimum Gasteiger partial charge on any atom is -0.478 e. The lowest BCUT2D eigenvalue weighted by atomic mass is 10.2. The van der Waals surface area contributed by atoms with Crippen LogP contribution in [-0.4, -0.2) is 36.6 Å². The van der Waals surface area contributed by atoms with Gasteiger partial charge in [0.1, 0.15) is 0 Å². The second kappa shape index (κ2) is 6.19. The fourth-order valence-electron chi connectivity index (χ4n) is 0.465. The van der Waals surface area contributed by atoms with Crippen molar-refractivity contribution in [1.29, 1.82) is 0 Å². The molecule has 0 aromatic carbocycles. The van der Waals surface area contributed by atoms with Crippen LogP contribution in [0.2, 0.25) is 0 Å². The highest BCUT2D eigenvalue weighted by atomic mass is 35.5. The molecule has 0 bridgehead atoms. The maximum atomic E-state index is 10.2. The minimum atomic E-state index is -0.901. The van der Waals surface area contributed by atoms with E-state index in [-0.39, 0.29) is 18.0 Å². The van der Waals surface area contributed by atoms with Crippen molar-refractivity contribution >= 4 is 18.4 Å². The van der Waals surface area contributed by atoms with E-state index < -0.39 is 5.97 Å². The predicted molar refractivity (Wildman–Crippen MR) is 47.2 cm³/mol. The normalized spacial score (nSPS) is 9.00. The number of carbonyl (C=O) groups is 1. The summed E-state index contributed by atoms with van der Waals surface area (Å²) in [5.74, 6) is -0.901. The Labute approximate surface area is 73.1 Å². The molecule has 0 aromatic rings. The quantitative estimate of drug-likeness (QED) is 0.655. The van der Waals surface area contributed by atoms with E-state index in [1.807, 2.05) is 19.0 Å². The van der Waals surface area contributed by atoms with Crippen LogP contribution in [0.15, 0.2) is 12.2 Å². The minimum absolute atomic E-state index is 0. The molecule has 1 N–H and O–H groups in total. The smallest absolute Gasteiger partial charge is 0.331 e. The van der Waals surface area contributed by atoms with Crippen LogP contribution in [-0.2, 0) is 4.79 Å². The number of carboxylic acid groups (broad SMARTS) is 1. The van der Waals surface area contributed by atoms with E-state index in [2.05, 4.69) is 6.58 Å². The van der Waals surface area contributed by atoms with Crippen LogP contribution in [0.3, 0.4) is 0 Å². The highest BCUT2D eigenvalue weighted by molar-refractivity contribution is 5.85. The third kappa shape index (κ3) is 7.36. The van der Waals surface area contributed by atoms with Gasteiger partial charge in [-0.25, -0.2) is 4.79 Å². The van der Waals surface area contributed by atoms with Gasteiger partial charge in [-0.1, -0.05) is 6.58 Å². The third-order valence-electron chi connectivity index (χ3n) is 1.16. The molecule has 0 saturated heterocycles. The lowest BCUT2D eigenvalue weighted by Gasteiger charge is -2.07. The van der Waals surface area contributed by atoms with Crippen molar-refractivity contribution in [2.24, 2.45) is 0 Å². The van der Waals surface area contributed by atoms with E-state index in [0.717, 1.165) is 6.54 Å². The number of carboxylic acids is 1. The zero-order valence-electron chi connectivity index (χ0n) is 6.83. The van der Waals surface area contributed by atoms with Gasteiger partial charge in [0.15, 0.2) is 0 Å². The second-order valence-electron chi connectivity index (χ2n) is 2.46. The fraction of sp³-hybridized carbons (Fsp3) is 0.571. The van der Waals surface area contributed by atoms with E-state index in [1.165, 1.54) is 0 Å². The molecule has 0 amide bonds. The van der Waals surface area contributed by atoms with Crippen LogP contribution >= 0.6 is 12.4 Å². The molecule has 0 aliphatic carbocycles. The van der Waals surface area contributed by atoms with Crippen LogP contribution < -0.4 is 0 Å². The number of aliphatic carboxylic acids is 1. The Kier molecular flexibility index (Phi) is 7.36. The Hall–Kier alpha value is -0.540. The van der Waals surface area contributed by atoms with Crippen molar-refractivity contribution in [2.75, 3.05) is 20.6 Å². The summed E-state index contributed by atoms with van der Waals surface area (Å²) in [6.45, 7) is 4.14. The van der Waals surface area contributed by atoms with E-state index >= 15 is 0 Å². The first kappa shape index (κ1) is 13.1. The van der Waals surface area contributed by atoms with Crippen molar-refractivity contribution in [3.8, 4) is 0 Å². The van der Waals surface area contributed by atoms with Gasteiger partial charge in [-0.15, -0.1) is 12.4 Å². The Balaban J connectivity index is 0. The largest absolute Gasteiger partial charge is 0.478 e. The molecule has 0 saturated carbocycles. The van der Waals surface area contributed by atoms with Gasteiger partial charge in [0.25, 0.3) is 0 Å². The highest BCUT2D eigenvalue weighted by Crippen LogP contribution is 1.97. The van der Waals surface area contributed by atoms with E-state index in [1.54, 1.807) is 0 Å². The first-order valence-electron chi connectivity index (χ1n) is 3.10. The Morgan fingerprint density at radius 1 is 1.55 bits per heavy atom. The molecule has 11 heavy (non-hydrogen) atoms. The summed E-state index contributed by atoms with van der Waals surface area (Å²) in [5, 5.41) is 8.38. The van der Waals surface area contributed by atoms with Gasteiger partial charge in [-0.2, -0.15) is 0 Å². The first-order chi connectivity index (χ1) is 4.54. The van der Waals surface area contributed by atoms with Crippen molar-refractivity contribution in [1.82, 2.24) is 4.90 Å². The van der Waals surface area contributed by atoms with Crippen molar-refractivity contribution in [3.05, 3.63) is 12.2 Å². The van der Waals surface area contributed by atoms with Crippen LogP contribution in [0, 0.1) is 0 Å². The third-order valence-corrected chi connectivity index (χ3v) is 1.16. The summed E-state index contributed by atoms with van der Waals surface area (Å²) >= 11 is 0. The number of hydrogen-bond donors (Lipinski definition) is 1. The number of rotatable bonds is 4. The Morgan fingerprint density at radius 3 is 2.27 bits per heavy atom. The van der Waals surface area contributed by atoms with E-state index in [0.29, 0.717) is 6.42 Å². The number of nitrogens with zero attached hydrogens (tertiary/aromatic N) is 1. The molecule has 0 atom stereocenters. The van der Waals surface area contributed by atoms with Crippen LogP contribution in [0.4, 0.5) is 0 Å². The molecule has 3 nitrogen and oxygen atoms in total. The number of hydrogen-bond acceptors (Lipinski definition) is 2.